The number of aromatic nitrogens is 2. The van der Waals surface area contributed by atoms with Crippen LogP contribution in [-0.4, -0.2) is 28.8 Å². The van der Waals surface area contributed by atoms with Gasteiger partial charge < -0.3 is 10.2 Å². The second kappa shape index (κ2) is 7.34. The number of rotatable bonds is 2. The fourth-order valence-electron chi connectivity index (χ4n) is 4.69. The van der Waals surface area contributed by atoms with Gasteiger partial charge in [0.25, 0.3) is 5.56 Å². The van der Waals surface area contributed by atoms with Gasteiger partial charge in [-0.1, -0.05) is 23.7 Å². The largest absolute Gasteiger partial charge is 0.343 e. The van der Waals surface area contributed by atoms with Crippen molar-refractivity contribution in [2.75, 3.05) is 23.3 Å². The van der Waals surface area contributed by atoms with Gasteiger partial charge in [-0.2, -0.15) is 4.98 Å². The lowest BCUT2D eigenvalue weighted by Gasteiger charge is -2.34. The number of piperidine rings is 1. The van der Waals surface area contributed by atoms with E-state index in [1.165, 1.54) is 6.42 Å². The highest BCUT2D eigenvalue weighted by Crippen LogP contribution is 2.43. The van der Waals surface area contributed by atoms with E-state index in [0.29, 0.717) is 34.3 Å². The summed E-state index contributed by atoms with van der Waals surface area (Å²) in [6.45, 7) is 1.80. The zero-order valence-corrected chi connectivity index (χ0v) is 16.9. The van der Waals surface area contributed by atoms with Crippen LogP contribution in [0.1, 0.15) is 55.6 Å². The van der Waals surface area contributed by atoms with Gasteiger partial charge >= 0.3 is 0 Å². The van der Waals surface area contributed by atoms with Gasteiger partial charge in [-0.05, 0) is 49.8 Å². The number of carbonyl (C=O) groups excluding carboxylic acids is 1. The first-order valence-electron chi connectivity index (χ1n) is 10.3. The lowest BCUT2D eigenvalue weighted by atomic mass is 9.76. The van der Waals surface area contributed by atoms with Crippen LogP contribution in [-0.2, 0) is 4.79 Å². The summed E-state index contributed by atoms with van der Waals surface area (Å²) in [6.07, 6.45) is 5.53. The number of carbonyl (C=O) groups is 1. The molecule has 1 aliphatic carbocycles. The fourth-order valence-corrected chi connectivity index (χ4v) is 4.82. The van der Waals surface area contributed by atoms with Crippen molar-refractivity contribution in [1.29, 1.82) is 0 Å². The van der Waals surface area contributed by atoms with E-state index in [1.807, 2.05) is 12.1 Å². The molecule has 2 aromatic rings. The Morgan fingerprint density at radius 1 is 1.00 bits per heavy atom. The molecule has 2 aliphatic heterocycles. The molecule has 0 amide bonds. The highest BCUT2D eigenvalue weighted by atomic mass is 35.5. The first kappa shape index (κ1) is 18.4. The van der Waals surface area contributed by atoms with E-state index in [2.05, 4.69) is 15.2 Å². The number of allylic oxidation sites excluding steroid dienone is 2. The van der Waals surface area contributed by atoms with Crippen molar-refractivity contribution in [3.8, 4) is 0 Å². The van der Waals surface area contributed by atoms with Gasteiger partial charge in [0.2, 0.25) is 5.95 Å². The van der Waals surface area contributed by atoms with Crippen molar-refractivity contribution < 1.29 is 4.79 Å². The number of anilines is 2. The molecule has 1 aromatic carbocycles. The highest BCUT2D eigenvalue weighted by molar-refractivity contribution is 6.30. The number of Topliss-reactive ketones (excluding diaryl/α,β-unsaturated/α-hetero) is 1. The van der Waals surface area contributed by atoms with Crippen LogP contribution in [0.5, 0.6) is 0 Å². The summed E-state index contributed by atoms with van der Waals surface area (Å²) in [6, 6.07) is 7.39. The van der Waals surface area contributed by atoms with Crippen LogP contribution in [0.2, 0.25) is 5.02 Å². The lowest BCUT2D eigenvalue weighted by Crippen LogP contribution is -2.36. The number of ketones is 1. The zero-order chi connectivity index (χ0) is 20.0. The molecule has 6 nitrogen and oxygen atoms in total. The van der Waals surface area contributed by atoms with Crippen LogP contribution in [0.25, 0.3) is 0 Å². The predicted octanol–water partition coefficient (Wildman–Crippen LogP) is 3.98. The molecule has 3 heterocycles. The number of nitrogens with zero attached hydrogens (tertiary/aromatic N) is 2. The molecule has 1 fully saturated rings. The average molecular weight is 411 g/mol. The smallest absolute Gasteiger partial charge is 0.258 e. The molecular formula is C22H23ClN4O2. The molecule has 150 valence electrons. The third-order valence-corrected chi connectivity index (χ3v) is 6.36. The molecule has 1 atom stereocenters. The molecule has 2 N–H and O–H groups in total. The van der Waals surface area contributed by atoms with E-state index in [9.17, 15) is 9.59 Å². The van der Waals surface area contributed by atoms with Gasteiger partial charge in [0, 0.05) is 41.7 Å². The Morgan fingerprint density at radius 2 is 1.76 bits per heavy atom. The maximum absolute atomic E-state index is 13.2. The number of fused-ring (bicyclic) bond motifs is 1. The molecule has 0 saturated carbocycles. The summed E-state index contributed by atoms with van der Waals surface area (Å²) in [5.74, 6) is 0.867. The van der Waals surface area contributed by atoms with Gasteiger partial charge in [-0.15, -0.1) is 0 Å². The van der Waals surface area contributed by atoms with E-state index >= 15 is 0 Å². The lowest BCUT2D eigenvalue weighted by molar-refractivity contribution is -0.116. The minimum absolute atomic E-state index is 0.101. The van der Waals surface area contributed by atoms with Crippen LogP contribution in [0.15, 0.2) is 40.3 Å². The molecule has 3 aliphatic rings. The van der Waals surface area contributed by atoms with Gasteiger partial charge in [0.1, 0.15) is 5.82 Å². The Hall–Kier alpha value is -2.60. The summed E-state index contributed by atoms with van der Waals surface area (Å²) in [5.41, 5.74) is 2.81. The summed E-state index contributed by atoms with van der Waals surface area (Å²) >= 11 is 6.08. The van der Waals surface area contributed by atoms with E-state index in [0.717, 1.165) is 50.0 Å². The van der Waals surface area contributed by atoms with Gasteiger partial charge in [0.05, 0.1) is 5.56 Å². The van der Waals surface area contributed by atoms with Gasteiger partial charge in [-0.25, -0.2) is 0 Å². The summed E-state index contributed by atoms with van der Waals surface area (Å²) in [4.78, 5) is 36.0. The van der Waals surface area contributed by atoms with Gasteiger partial charge in [0.15, 0.2) is 5.78 Å². The van der Waals surface area contributed by atoms with Crippen LogP contribution in [0.3, 0.4) is 0 Å². The van der Waals surface area contributed by atoms with E-state index in [1.54, 1.807) is 12.1 Å². The standard InChI is InChI=1S/C22H23ClN4O2/c23-14-9-7-13(8-10-14)17-18-15(5-4-6-16(18)28)24-20-19(17)21(29)26-22(25-20)27-11-2-1-3-12-27/h7-10,17H,1-6,11-12H2,(H2,24,25,26,29)/t17-/m0/s1. The molecule has 7 heteroatoms. The second-order valence-electron chi connectivity index (χ2n) is 7.98. The number of aromatic amines is 1. The number of halogens is 1. The molecule has 5 rings (SSSR count). The van der Waals surface area contributed by atoms with Crippen molar-refractivity contribution >= 4 is 29.2 Å². The topological polar surface area (TPSA) is 78.1 Å². The van der Waals surface area contributed by atoms with Crippen LogP contribution < -0.4 is 15.8 Å². The third kappa shape index (κ3) is 3.25. The van der Waals surface area contributed by atoms with Crippen molar-refractivity contribution in [1.82, 2.24) is 9.97 Å². The Morgan fingerprint density at radius 3 is 2.52 bits per heavy atom. The maximum Gasteiger partial charge on any atom is 0.258 e. The summed E-state index contributed by atoms with van der Waals surface area (Å²) in [7, 11) is 0. The number of benzene rings is 1. The van der Waals surface area contributed by atoms with Crippen LogP contribution in [0, 0.1) is 0 Å². The predicted molar refractivity (Wildman–Crippen MR) is 114 cm³/mol. The summed E-state index contributed by atoms with van der Waals surface area (Å²) in [5, 5.41) is 3.96. The Bertz CT molecular complexity index is 1050. The normalized spacial score (nSPS) is 21.5. The van der Waals surface area contributed by atoms with Crippen LogP contribution in [0.4, 0.5) is 11.8 Å². The minimum Gasteiger partial charge on any atom is -0.343 e. The molecule has 0 unspecified atom stereocenters. The van der Waals surface area contributed by atoms with E-state index in [-0.39, 0.29) is 11.3 Å². The Kier molecular flexibility index (Phi) is 4.66. The van der Waals surface area contributed by atoms with Crippen LogP contribution >= 0.6 is 11.6 Å². The Labute approximate surface area is 174 Å². The van der Waals surface area contributed by atoms with Crippen molar-refractivity contribution in [3.05, 3.63) is 62.0 Å². The molecule has 1 saturated heterocycles. The number of nitrogens with one attached hydrogen (secondary N) is 2. The number of hydrogen-bond acceptors (Lipinski definition) is 5. The monoisotopic (exact) mass is 410 g/mol. The molecule has 0 bridgehead atoms. The molecule has 1 aromatic heterocycles. The fraction of sp³-hybridized carbons (Fsp3) is 0.409. The zero-order valence-electron chi connectivity index (χ0n) is 16.1. The molecule has 0 radical (unpaired) electrons. The van der Waals surface area contributed by atoms with Gasteiger partial charge in [-0.3, -0.25) is 14.6 Å². The van der Waals surface area contributed by atoms with E-state index in [4.69, 9.17) is 16.6 Å². The highest BCUT2D eigenvalue weighted by Gasteiger charge is 2.38. The molecule has 29 heavy (non-hydrogen) atoms. The van der Waals surface area contributed by atoms with E-state index < -0.39 is 5.92 Å². The first-order chi connectivity index (χ1) is 14.1. The second-order valence-corrected chi connectivity index (χ2v) is 8.41. The SMILES string of the molecule is O=C1CCCC2=C1[C@H](c1ccc(Cl)cc1)c1c(nc(N3CCCCC3)[nH]c1=O)N2. The third-order valence-electron chi connectivity index (χ3n) is 6.10. The van der Waals surface area contributed by atoms with Crippen molar-refractivity contribution in [2.24, 2.45) is 0 Å². The average Bonchev–Trinajstić information content (AvgIpc) is 2.74. The first-order valence-corrected chi connectivity index (χ1v) is 10.7. The number of H-pyrrole nitrogens is 1. The van der Waals surface area contributed by atoms with Crippen molar-refractivity contribution in [3.63, 3.8) is 0 Å². The Balaban J connectivity index is 1.67. The van der Waals surface area contributed by atoms with Crippen molar-refractivity contribution in [2.45, 2.75) is 44.4 Å². The minimum atomic E-state index is -0.419. The molecular weight excluding hydrogens is 388 g/mol. The quantitative estimate of drug-likeness (QED) is 0.783. The molecule has 0 spiro atoms. The number of hydrogen-bond donors (Lipinski definition) is 2. The summed E-state index contributed by atoms with van der Waals surface area (Å²) < 4.78 is 0. The maximum atomic E-state index is 13.2.